The molecule has 4 atom stereocenters. The highest BCUT2D eigenvalue weighted by molar-refractivity contribution is 7.98. The number of thioether (sulfide) groups is 1. The second kappa shape index (κ2) is 15.7. The summed E-state index contributed by atoms with van der Waals surface area (Å²) in [4.78, 5) is 58.0. The standard InChI is InChI=1S/C26H38N6O6S/c1-15(2)10-20(24(35)32-22(26(37)38)11-16-4-6-18(33)7-5-16)31-25(36)21(12-17-13-28-14-29-17)30-23(34)19(27)8-9-39-3/h4-7,13-15,19-22,33H,8-12,27H2,1-3H3,(H,28,29)(H,30,34)(H,31,36)(H,32,35)(H,37,38). The Morgan fingerprint density at radius 3 is 2.15 bits per heavy atom. The Hall–Kier alpha value is -3.58. The average molecular weight is 563 g/mol. The van der Waals surface area contributed by atoms with Crippen LogP contribution in [0.3, 0.4) is 0 Å². The molecular weight excluding hydrogens is 524 g/mol. The maximum absolute atomic E-state index is 13.4. The molecule has 1 heterocycles. The molecule has 0 fully saturated rings. The van der Waals surface area contributed by atoms with Crippen molar-refractivity contribution in [3.63, 3.8) is 0 Å². The van der Waals surface area contributed by atoms with E-state index in [0.29, 0.717) is 23.4 Å². The van der Waals surface area contributed by atoms with Gasteiger partial charge in [-0.05, 0) is 48.5 Å². The van der Waals surface area contributed by atoms with Gasteiger partial charge in [0.25, 0.3) is 0 Å². The quantitative estimate of drug-likeness (QED) is 0.153. The number of aliphatic carboxylic acids is 1. The molecule has 2 rings (SSSR count). The van der Waals surface area contributed by atoms with Gasteiger partial charge in [0.2, 0.25) is 17.7 Å². The summed E-state index contributed by atoms with van der Waals surface area (Å²) >= 11 is 1.55. The number of benzene rings is 1. The third-order valence-electron chi connectivity index (χ3n) is 5.91. The summed E-state index contributed by atoms with van der Waals surface area (Å²) in [6, 6.07) is 1.83. The molecule has 0 aliphatic carbocycles. The van der Waals surface area contributed by atoms with Crippen molar-refractivity contribution in [1.82, 2.24) is 25.9 Å². The number of rotatable bonds is 16. The Labute approximate surface area is 231 Å². The summed E-state index contributed by atoms with van der Waals surface area (Å²) in [6.45, 7) is 3.73. The van der Waals surface area contributed by atoms with E-state index in [1.165, 1.54) is 24.7 Å². The summed E-state index contributed by atoms with van der Waals surface area (Å²) in [6.07, 6.45) is 5.61. The predicted molar refractivity (Wildman–Crippen MR) is 148 cm³/mol. The van der Waals surface area contributed by atoms with Crippen LogP contribution in [0.25, 0.3) is 0 Å². The number of nitrogens with one attached hydrogen (secondary N) is 4. The molecule has 3 amide bonds. The lowest BCUT2D eigenvalue weighted by atomic mass is 10.0. The van der Waals surface area contributed by atoms with Crippen molar-refractivity contribution in [2.75, 3.05) is 12.0 Å². The minimum absolute atomic E-state index is 0.0120. The number of aromatic amines is 1. The van der Waals surface area contributed by atoms with Gasteiger partial charge < -0.3 is 36.9 Å². The van der Waals surface area contributed by atoms with Crippen LogP contribution in [0, 0.1) is 5.92 Å². The number of hydrogen-bond donors (Lipinski definition) is 7. The van der Waals surface area contributed by atoms with Gasteiger partial charge in [-0.25, -0.2) is 9.78 Å². The molecule has 8 N–H and O–H groups in total. The zero-order chi connectivity index (χ0) is 28.9. The number of carboxylic acid groups (broad SMARTS) is 1. The summed E-state index contributed by atoms with van der Waals surface area (Å²) in [7, 11) is 0. The Bertz CT molecular complexity index is 1080. The van der Waals surface area contributed by atoms with E-state index in [0.717, 1.165) is 0 Å². The zero-order valence-electron chi connectivity index (χ0n) is 22.3. The van der Waals surface area contributed by atoms with E-state index in [1.54, 1.807) is 23.9 Å². The highest BCUT2D eigenvalue weighted by Crippen LogP contribution is 2.13. The molecule has 0 aliphatic heterocycles. The van der Waals surface area contributed by atoms with Crippen LogP contribution in [0.4, 0.5) is 0 Å². The summed E-state index contributed by atoms with van der Waals surface area (Å²) < 4.78 is 0. The van der Waals surface area contributed by atoms with E-state index in [9.17, 15) is 29.4 Å². The molecule has 12 nitrogen and oxygen atoms in total. The van der Waals surface area contributed by atoms with Crippen molar-refractivity contribution in [1.29, 1.82) is 0 Å². The van der Waals surface area contributed by atoms with E-state index >= 15 is 0 Å². The average Bonchev–Trinajstić information content (AvgIpc) is 3.40. The molecule has 0 saturated heterocycles. The molecule has 0 aliphatic rings. The number of carboxylic acids is 1. The number of nitrogens with two attached hydrogens (primary N) is 1. The van der Waals surface area contributed by atoms with E-state index in [-0.39, 0.29) is 30.9 Å². The molecule has 2 aromatic rings. The molecule has 39 heavy (non-hydrogen) atoms. The maximum Gasteiger partial charge on any atom is 0.326 e. The van der Waals surface area contributed by atoms with Crippen LogP contribution in [0.15, 0.2) is 36.8 Å². The first-order chi connectivity index (χ1) is 18.5. The topological polar surface area (TPSA) is 200 Å². The van der Waals surface area contributed by atoms with Crippen LogP contribution in [0.5, 0.6) is 5.75 Å². The zero-order valence-corrected chi connectivity index (χ0v) is 23.2. The molecule has 1 aromatic carbocycles. The van der Waals surface area contributed by atoms with Gasteiger partial charge in [-0.2, -0.15) is 11.8 Å². The number of aromatic nitrogens is 2. The fourth-order valence-electron chi connectivity index (χ4n) is 3.80. The van der Waals surface area contributed by atoms with Crippen LogP contribution in [0.1, 0.15) is 37.9 Å². The van der Waals surface area contributed by atoms with E-state index in [4.69, 9.17) is 5.73 Å². The van der Waals surface area contributed by atoms with Crippen molar-refractivity contribution in [3.8, 4) is 5.75 Å². The molecule has 13 heteroatoms. The van der Waals surface area contributed by atoms with Crippen LogP contribution < -0.4 is 21.7 Å². The minimum Gasteiger partial charge on any atom is -0.508 e. The SMILES string of the molecule is CSCCC(N)C(=O)NC(Cc1cnc[nH]1)C(=O)NC(CC(C)C)C(=O)NC(Cc1ccc(O)cc1)C(=O)O. The molecule has 214 valence electrons. The molecular formula is C26H38N6O6S. The van der Waals surface area contributed by atoms with Gasteiger partial charge in [-0.3, -0.25) is 14.4 Å². The third kappa shape index (κ3) is 11.0. The predicted octanol–water partition coefficient (Wildman–Crippen LogP) is 0.566. The molecule has 1 aromatic heterocycles. The Balaban J connectivity index is 2.17. The first-order valence-corrected chi connectivity index (χ1v) is 14.0. The molecule has 0 saturated carbocycles. The first-order valence-electron chi connectivity index (χ1n) is 12.6. The fourth-order valence-corrected chi connectivity index (χ4v) is 4.29. The van der Waals surface area contributed by atoms with Gasteiger partial charge in [0.05, 0.1) is 12.4 Å². The third-order valence-corrected chi connectivity index (χ3v) is 6.56. The van der Waals surface area contributed by atoms with Crippen molar-refractivity contribution < 1.29 is 29.4 Å². The number of phenols is 1. The number of H-pyrrole nitrogens is 1. The summed E-state index contributed by atoms with van der Waals surface area (Å²) in [5.41, 5.74) is 7.18. The Kier molecular flexibility index (Phi) is 12.8. The molecule has 0 radical (unpaired) electrons. The number of hydrogen-bond acceptors (Lipinski definition) is 8. The normalized spacial score (nSPS) is 14.2. The molecule has 0 bridgehead atoms. The van der Waals surface area contributed by atoms with E-state index in [2.05, 4.69) is 25.9 Å². The maximum atomic E-state index is 13.4. The fraction of sp³-hybridized carbons (Fsp3) is 0.500. The van der Waals surface area contributed by atoms with Gasteiger partial charge in [0, 0.05) is 24.7 Å². The largest absolute Gasteiger partial charge is 0.508 e. The van der Waals surface area contributed by atoms with Gasteiger partial charge >= 0.3 is 5.97 Å². The van der Waals surface area contributed by atoms with Crippen LogP contribution in [0.2, 0.25) is 0 Å². The smallest absolute Gasteiger partial charge is 0.326 e. The van der Waals surface area contributed by atoms with Gasteiger partial charge in [-0.15, -0.1) is 0 Å². The van der Waals surface area contributed by atoms with Crippen molar-refractivity contribution in [3.05, 3.63) is 48.0 Å². The molecule has 0 spiro atoms. The van der Waals surface area contributed by atoms with Crippen molar-refractivity contribution in [2.45, 2.75) is 63.7 Å². The Morgan fingerprint density at radius 1 is 0.974 bits per heavy atom. The number of carbonyl (C=O) groups is 4. The van der Waals surface area contributed by atoms with E-state index in [1.807, 2.05) is 20.1 Å². The first kappa shape index (κ1) is 31.6. The van der Waals surface area contributed by atoms with Gasteiger partial charge in [0.15, 0.2) is 0 Å². The van der Waals surface area contributed by atoms with E-state index < -0.39 is 47.9 Å². The second-order valence-corrected chi connectivity index (χ2v) is 10.7. The second-order valence-electron chi connectivity index (χ2n) is 9.69. The van der Waals surface area contributed by atoms with Gasteiger partial charge in [0.1, 0.15) is 23.9 Å². The lowest BCUT2D eigenvalue weighted by Crippen LogP contribution is -2.58. The Morgan fingerprint density at radius 2 is 1.59 bits per heavy atom. The molecule has 4 unspecified atom stereocenters. The van der Waals surface area contributed by atoms with Crippen LogP contribution in [-0.2, 0) is 32.0 Å². The summed E-state index contributed by atoms with van der Waals surface area (Å²) in [5.74, 6) is -2.30. The number of aromatic hydroxyl groups is 1. The highest BCUT2D eigenvalue weighted by Gasteiger charge is 2.31. The lowest BCUT2D eigenvalue weighted by Gasteiger charge is -2.26. The van der Waals surface area contributed by atoms with Crippen molar-refractivity contribution >= 4 is 35.5 Å². The van der Waals surface area contributed by atoms with Gasteiger partial charge in [-0.1, -0.05) is 26.0 Å². The lowest BCUT2D eigenvalue weighted by molar-refractivity contribution is -0.142. The number of carbonyl (C=O) groups excluding carboxylic acids is 3. The number of imidazole rings is 1. The van der Waals surface area contributed by atoms with Crippen LogP contribution >= 0.6 is 11.8 Å². The summed E-state index contributed by atoms with van der Waals surface area (Å²) in [5, 5.41) is 27.1. The van der Waals surface area contributed by atoms with Crippen LogP contribution in [-0.4, -0.2) is 80.0 Å². The van der Waals surface area contributed by atoms with Crippen molar-refractivity contribution in [2.24, 2.45) is 11.7 Å². The number of phenolic OH excluding ortho intramolecular Hbond substituents is 1. The number of nitrogens with zero attached hydrogens (tertiary/aromatic N) is 1. The minimum atomic E-state index is -1.26. The number of amides is 3. The highest BCUT2D eigenvalue weighted by atomic mass is 32.2. The monoisotopic (exact) mass is 562 g/mol.